The van der Waals surface area contributed by atoms with E-state index in [4.69, 9.17) is 4.74 Å². The van der Waals surface area contributed by atoms with Gasteiger partial charge < -0.3 is 14.9 Å². The Bertz CT molecular complexity index is 574. The molecule has 2 N–H and O–H groups in total. The number of nitrogens with zero attached hydrogens (tertiary/aromatic N) is 4. The molecule has 0 atom stereocenters. The predicted molar refractivity (Wildman–Crippen MR) is 113 cm³/mol. The van der Waals surface area contributed by atoms with Crippen LogP contribution >= 0.6 is 0 Å². The average molecular weight is 412 g/mol. The van der Waals surface area contributed by atoms with Gasteiger partial charge in [-0.05, 0) is 6.42 Å². The predicted octanol–water partition coefficient (Wildman–Crippen LogP) is 2.89. The lowest BCUT2D eigenvalue weighted by atomic mass is 10.1. The Morgan fingerprint density at radius 3 is 1.79 bits per heavy atom. The lowest BCUT2D eigenvalue weighted by Gasteiger charge is -2.25. The number of likely N-dealkylation sites (N-methyl/N-ethyl adjacent to an activating group) is 1. The van der Waals surface area contributed by atoms with Crippen molar-refractivity contribution in [3.63, 3.8) is 0 Å². The number of aliphatic hydroxyl groups excluding tert-OH is 2. The summed E-state index contributed by atoms with van der Waals surface area (Å²) in [6.45, 7) is 2.02. The standard InChI is InChI=1S/C21H39N4O4/c1-4-5-6-7-8-9-10-11-12-13-14-29-20(28)15-25(2,3)21-23-18(16-26)22-19(17-27)24-21/h26-27H,4-17H2,1-3H3/q+1. The summed E-state index contributed by atoms with van der Waals surface area (Å²) in [7, 11) is 3.55. The number of hydrogen-bond acceptors (Lipinski definition) is 7. The maximum Gasteiger partial charge on any atom is 0.362 e. The highest BCUT2D eigenvalue weighted by molar-refractivity contribution is 5.73. The summed E-state index contributed by atoms with van der Waals surface area (Å²) >= 11 is 0. The number of carbonyl (C=O) groups excluding carboxylic acids is 1. The molecular weight excluding hydrogens is 372 g/mol. The fourth-order valence-corrected chi connectivity index (χ4v) is 3.08. The van der Waals surface area contributed by atoms with E-state index in [2.05, 4.69) is 21.9 Å². The Labute approximate surface area is 174 Å². The van der Waals surface area contributed by atoms with E-state index in [1.807, 2.05) is 0 Å². The van der Waals surface area contributed by atoms with E-state index in [-0.39, 0.29) is 41.9 Å². The van der Waals surface area contributed by atoms with Gasteiger partial charge in [0.05, 0.1) is 20.7 Å². The van der Waals surface area contributed by atoms with Crippen molar-refractivity contribution in [2.75, 3.05) is 27.2 Å². The van der Waals surface area contributed by atoms with Gasteiger partial charge in [0.25, 0.3) is 0 Å². The number of unbranched alkanes of at least 4 members (excludes halogenated alkanes) is 9. The molecule has 29 heavy (non-hydrogen) atoms. The number of carbonyl (C=O) groups is 1. The van der Waals surface area contributed by atoms with Crippen molar-refractivity contribution >= 4 is 11.9 Å². The third kappa shape index (κ3) is 10.6. The third-order valence-electron chi connectivity index (χ3n) is 4.83. The summed E-state index contributed by atoms with van der Waals surface area (Å²) in [5, 5.41) is 18.5. The Morgan fingerprint density at radius 1 is 0.828 bits per heavy atom. The Morgan fingerprint density at radius 2 is 1.31 bits per heavy atom. The van der Waals surface area contributed by atoms with Crippen LogP contribution in [0.25, 0.3) is 0 Å². The van der Waals surface area contributed by atoms with Gasteiger partial charge in [-0.1, -0.05) is 64.7 Å². The summed E-state index contributed by atoms with van der Waals surface area (Å²) in [4.78, 5) is 24.5. The van der Waals surface area contributed by atoms with Crippen molar-refractivity contribution in [1.82, 2.24) is 19.4 Å². The molecule has 0 aromatic carbocycles. The highest BCUT2D eigenvalue weighted by atomic mass is 16.5. The molecule has 1 rings (SSSR count). The van der Waals surface area contributed by atoms with Gasteiger partial charge in [0.1, 0.15) is 13.2 Å². The molecule has 1 heterocycles. The van der Waals surface area contributed by atoms with Crippen LogP contribution < -0.4 is 4.48 Å². The molecule has 8 nitrogen and oxygen atoms in total. The summed E-state index contributed by atoms with van der Waals surface area (Å²) in [6, 6.07) is 0. The van der Waals surface area contributed by atoms with Gasteiger partial charge in [-0.2, -0.15) is 9.97 Å². The first-order valence-corrected chi connectivity index (χ1v) is 10.9. The van der Waals surface area contributed by atoms with Crippen molar-refractivity contribution in [1.29, 1.82) is 0 Å². The molecule has 0 aliphatic heterocycles. The second-order valence-corrected chi connectivity index (χ2v) is 8.03. The summed E-state index contributed by atoms with van der Waals surface area (Å²) in [6.07, 6.45) is 12.4. The second kappa shape index (κ2) is 14.4. The SMILES string of the molecule is CCCCCCCCCCCCOC(=O)C[N+](C)(C)c1nc(CO)nc(CO)n1. The zero-order chi connectivity index (χ0) is 21.5. The third-order valence-corrected chi connectivity index (χ3v) is 4.83. The van der Waals surface area contributed by atoms with Gasteiger partial charge in [-0.15, -0.1) is 0 Å². The van der Waals surface area contributed by atoms with Crippen molar-refractivity contribution in [3.8, 4) is 0 Å². The number of aromatic nitrogens is 3. The van der Waals surface area contributed by atoms with Crippen LogP contribution in [0.2, 0.25) is 0 Å². The van der Waals surface area contributed by atoms with Gasteiger partial charge in [-0.3, -0.25) is 4.48 Å². The molecule has 0 unspecified atom stereocenters. The van der Waals surface area contributed by atoms with E-state index in [0.29, 0.717) is 12.6 Å². The van der Waals surface area contributed by atoms with Gasteiger partial charge in [0.2, 0.25) is 0 Å². The molecule has 166 valence electrons. The number of aliphatic hydroxyl groups is 2. The molecule has 0 saturated carbocycles. The Balaban J connectivity index is 2.25. The zero-order valence-corrected chi connectivity index (χ0v) is 18.4. The number of quaternary nitrogens is 1. The fraction of sp³-hybridized carbons (Fsp3) is 0.810. The Kier molecular flexibility index (Phi) is 12.6. The normalized spacial score (nSPS) is 11.6. The molecule has 0 amide bonds. The monoisotopic (exact) mass is 411 g/mol. The zero-order valence-electron chi connectivity index (χ0n) is 18.4. The minimum atomic E-state index is -0.355. The quantitative estimate of drug-likeness (QED) is 0.245. The molecule has 0 aliphatic carbocycles. The summed E-state index contributed by atoms with van der Waals surface area (Å²) in [5.41, 5.74) is 0. The lowest BCUT2D eigenvalue weighted by Crippen LogP contribution is -2.47. The number of rotatable bonds is 16. The molecular formula is C21H39N4O4+. The van der Waals surface area contributed by atoms with Gasteiger partial charge >= 0.3 is 11.9 Å². The van der Waals surface area contributed by atoms with E-state index >= 15 is 0 Å². The molecule has 0 fully saturated rings. The van der Waals surface area contributed by atoms with Crippen molar-refractivity contribution in [2.24, 2.45) is 0 Å². The molecule has 0 spiro atoms. The molecule has 8 heteroatoms. The molecule has 0 radical (unpaired) electrons. The van der Waals surface area contributed by atoms with Crippen molar-refractivity contribution in [2.45, 2.75) is 84.3 Å². The van der Waals surface area contributed by atoms with Crippen LogP contribution in [-0.4, -0.2) is 58.4 Å². The first kappa shape index (κ1) is 25.4. The topological polar surface area (TPSA) is 105 Å². The molecule has 1 aromatic heterocycles. The largest absolute Gasteiger partial charge is 0.462 e. The van der Waals surface area contributed by atoms with Crippen LogP contribution in [0.1, 0.15) is 82.8 Å². The van der Waals surface area contributed by atoms with Crippen LogP contribution in [0.3, 0.4) is 0 Å². The molecule has 1 aromatic rings. The fourth-order valence-electron chi connectivity index (χ4n) is 3.08. The number of hydrogen-bond donors (Lipinski definition) is 2. The van der Waals surface area contributed by atoms with Gasteiger partial charge in [0, 0.05) is 0 Å². The number of ether oxygens (including phenoxy) is 1. The highest BCUT2D eigenvalue weighted by Gasteiger charge is 2.28. The van der Waals surface area contributed by atoms with Crippen LogP contribution in [-0.2, 0) is 22.7 Å². The summed E-state index contributed by atoms with van der Waals surface area (Å²) < 4.78 is 5.41. The Hall–Kier alpha value is -1.64. The molecule has 0 aliphatic rings. The first-order chi connectivity index (χ1) is 13.9. The maximum absolute atomic E-state index is 12.2. The van der Waals surface area contributed by atoms with Crippen LogP contribution in [0.4, 0.5) is 5.95 Å². The molecule has 0 bridgehead atoms. The highest BCUT2D eigenvalue weighted by Crippen LogP contribution is 2.14. The van der Waals surface area contributed by atoms with E-state index in [1.165, 1.54) is 51.4 Å². The molecule has 0 saturated heterocycles. The van der Waals surface area contributed by atoms with Crippen LogP contribution in [0.5, 0.6) is 0 Å². The van der Waals surface area contributed by atoms with E-state index in [1.54, 1.807) is 14.1 Å². The lowest BCUT2D eigenvalue weighted by molar-refractivity contribution is -0.144. The van der Waals surface area contributed by atoms with Crippen molar-refractivity contribution < 1.29 is 19.7 Å². The van der Waals surface area contributed by atoms with Crippen LogP contribution in [0, 0.1) is 0 Å². The van der Waals surface area contributed by atoms with E-state index in [9.17, 15) is 15.0 Å². The van der Waals surface area contributed by atoms with Crippen molar-refractivity contribution in [3.05, 3.63) is 11.6 Å². The number of esters is 1. The van der Waals surface area contributed by atoms with Crippen LogP contribution in [0.15, 0.2) is 0 Å². The minimum absolute atomic E-state index is 0.0549. The van der Waals surface area contributed by atoms with E-state index in [0.717, 1.165) is 12.8 Å². The van der Waals surface area contributed by atoms with E-state index < -0.39 is 0 Å². The maximum atomic E-state index is 12.2. The first-order valence-electron chi connectivity index (χ1n) is 10.9. The minimum Gasteiger partial charge on any atom is -0.462 e. The second-order valence-electron chi connectivity index (χ2n) is 8.03. The smallest absolute Gasteiger partial charge is 0.362 e. The van der Waals surface area contributed by atoms with Gasteiger partial charge in [0.15, 0.2) is 18.2 Å². The summed E-state index contributed by atoms with van der Waals surface area (Å²) in [5.74, 6) is 0.333. The van der Waals surface area contributed by atoms with Gasteiger partial charge in [-0.25, -0.2) is 9.78 Å². The average Bonchev–Trinajstić information content (AvgIpc) is 2.71.